The van der Waals surface area contributed by atoms with Gasteiger partial charge in [-0.05, 0) is 31.2 Å². The summed E-state index contributed by atoms with van der Waals surface area (Å²) in [7, 11) is 1.40. The summed E-state index contributed by atoms with van der Waals surface area (Å²) >= 11 is 0. The highest BCUT2D eigenvalue weighted by atomic mass is 32.2. The van der Waals surface area contributed by atoms with Crippen molar-refractivity contribution in [2.75, 3.05) is 36.5 Å². The van der Waals surface area contributed by atoms with Crippen LogP contribution in [0.1, 0.15) is 24.9 Å². The highest BCUT2D eigenvalue weighted by Crippen LogP contribution is 2.21. The van der Waals surface area contributed by atoms with Crippen molar-refractivity contribution in [1.29, 1.82) is 0 Å². The summed E-state index contributed by atoms with van der Waals surface area (Å²) in [6.45, 7) is 4.01. The lowest BCUT2D eigenvalue weighted by Crippen LogP contribution is -2.37. The molecule has 100 valence electrons. The quantitative estimate of drug-likeness (QED) is 0.904. The number of anilines is 1. The van der Waals surface area contributed by atoms with E-state index in [4.69, 9.17) is 0 Å². The molecule has 0 saturated carbocycles. The monoisotopic (exact) mass is 266 g/mol. The summed E-state index contributed by atoms with van der Waals surface area (Å²) < 4.78 is 11.3. The van der Waals surface area contributed by atoms with Crippen molar-refractivity contribution in [3.63, 3.8) is 0 Å². The molecule has 1 unspecified atom stereocenters. The van der Waals surface area contributed by atoms with Gasteiger partial charge in [-0.1, -0.05) is 19.1 Å². The van der Waals surface area contributed by atoms with E-state index in [2.05, 4.69) is 41.4 Å². The van der Waals surface area contributed by atoms with Gasteiger partial charge in [-0.2, -0.15) is 0 Å². The number of rotatable bonds is 4. The third-order valence-electron chi connectivity index (χ3n) is 3.60. The number of hydrogen-bond acceptors (Lipinski definition) is 3. The van der Waals surface area contributed by atoms with E-state index in [9.17, 15) is 4.21 Å². The molecule has 1 aromatic rings. The van der Waals surface area contributed by atoms with Crippen LogP contribution in [-0.4, -0.2) is 35.9 Å². The molecule has 0 bridgehead atoms. The molecule has 2 rings (SSSR count). The first-order valence-corrected chi connectivity index (χ1v) is 8.10. The number of nitrogens with one attached hydrogen (secondary N) is 1. The first-order valence-electron chi connectivity index (χ1n) is 6.61. The number of benzene rings is 1. The molecule has 1 aromatic carbocycles. The molecular formula is C14H22N2OS. The first kappa shape index (κ1) is 13.6. The minimum absolute atomic E-state index is 0.438. The van der Waals surface area contributed by atoms with E-state index >= 15 is 0 Å². The Hall–Kier alpha value is -0.870. The fourth-order valence-electron chi connectivity index (χ4n) is 2.42. The van der Waals surface area contributed by atoms with Crippen LogP contribution in [0.15, 0.2) is 24.3 Å². The third kappa shape index (κ3) is 3.12. The van der Waals surface area contributed by atoms with E-state index in [1.165, 1.54) is 11.3 Å². The highest BCUT2D eigenvalue weighted by Gasteiger charge is 2.15. The second-order valence-electron chi connectivity index (χ2n) is 4.68. The number of nitrogens with zero attached hydrogens (tertiary/aromatic N) is 1. The van der Waals surface area contributed by atoms with Gasteiger partial charge in [0.2, 0.25) is 0 Å². The van der Waals surface area contributed by atoms with Gasteiger partial charge in [0.15, 0.2) is 0 Å². The average molecular weight is 266 g/mol. The van der Waals surface area contributed by atoms with Crippen molar-refractivity contribution >= 4 is 16.5 Å². The smallest absolute Gasteiger partial charge is 0.0411 e. The van der Waals surface area contributed by atoms with E-state index in [1.807, 2.05) is 7.05 Å². The molecule has 0 amide bonds. The Kier molecular flexibility index (Phi) is 4.78. The molecule has 1 aliphatic heterocycles. The Morgan fingerprint density at radius 1 is 1.28 bits per heavy atom. The lowest BCUT2D eigenvalue weighted by Gasteiger charge is -2.28. The van der Waals surface area contributed by atoms with Crippen LogP contribution >= 0.6 is 0 Å². The van der Waals surface area contributed by atoms with Crippen molar-refractivity contribution in [1.82, 2.24) is 5.32 Å². The summed E-state index contributed by atoms with van der Waals surface area (Å²) in [5.41, 5.74) is 2.59. The Balaban J connectivity index is 2.05. The zero-order valence-electron chi connectivity index (χ0n) is 11.2. The van der Waals surface area contributed by atoms with Crippen molar-refractivity contribution < 1.29 is 4.21 Å². The molecule has 1 heterocycles. The molecule has 1 atom stereocenters. The normalized spacial score (nSPS) is 18.9. The van der Waals surface area contributed by atoms with Crippen LogP contribution in [0, 0.1) is 0 Å². The second-order valence-corrected chi connectivity index (χ2v) is 6.37. The molecule has 1 N–H and O–H groups in total. The van der Waals surface area contributed by atoms with Gasteiger partial charge in [-0.25, -0.2) is 0 Å². The van der Waals surface area contributed by atoms with Crippen molar-refractivity contribution in [2.45, 2.75) is 19.4 Å². The van der Waals surface area contributed by atoms with Gasteiger partial charge < -0.3 is 10.2 Å². The lowest BCUT2D eigenvalue weighted by molar-refractivity contribution is 0.577. The molecule has 0 aromatic heterocycles. The van der Waals surface area contributed by atoms with Gasteiger partial charge in [0.1, 0.15) is 0 Å². The van der Waals surface area contributed by atoms with Gasteiger partial charge in [-0.3, -0.25) is 4.21 Å². The molecule has 0 spiro atoms. The van der Waals surface area contributed by atoms with E-state index in [0.29, 0.717) is 6.04 Å². The largest absolute Gasteiger partial charge is 0.370 e. The summed E-state index contributed by atoms with van der Waals surface area (Å²) in [6, 6.07) is 9.21. The topological polar surface area (TPSA) is 32.3 Å². The SMILES string of the molecule is CCC(NC)c1ccc(N2CCS(=O)CC2)cc1. The van der Waals surface area contributed by atoms with Crippen LogP contribution in [-0.2, 0) is 10.8 Å². The Bertz CT molecular complexity index is 391. The second kappa shape index (κ2) is 6.34. The van der Waals surface area contributed by atoms with Crippen molar-refractivity contribution in [3.05, 3.63) is 29.8 Å². The van der Waals surface area contributed by atoms with Crippen molar-refractivity contribution in [3.8, 4) is 0 Å². The molecule has 0 aliphatic carbocycles. The van der Waals surface area contributed by atoms with Crippen LogP contribution in [0.5, 0.6) is 0 Å². The van der Waals surface area contributed by atoms with Crippen LogP contribution in [0.4, 0.5) is 5.69 Å². The van der Waals surface area contributed by atoms with Gasteiger partial charge in [0.05, 0.1) is 0 Å². The number of hydrogen-bond donors (Lipinski definition) is 1. The molecule has 0 radical (unpaired) electrons. The van der Waals surface area contributed by atoms with Crippen LogP contribution in [0.25, 0.3) is 0 Å². The maximum Gasteiger partial charge on any atom is 0.0411 e. The predicted molar refractivity (Wildman–Crippen MR) is 78.6 cm³/mol. The Morgan fingerprint density at radius 2 is 1.89 bits per heavy atom. The Morgan fingerprint density at radius 3 is 2.39 bits per heavy atom. The molecule has 1 saturated heterocycles. The van der Waals surface area contributed by atoms with Gasteiger partial charge >= 0.3 is 0 Å². The fourth-order valence-corrected chi connectivity index (χ4v) is 3.47. The van der Waals surface area contributed by atoms with Crippen molar-refractivity contribution in [2.24, 2.45) is 0 Å². The van der Waals surface area contributed by atoms with Crippen LogP contribution < -0.4 is 10.2 Å². The lowest BCUT2D eigenvalue weighted by atomic mass is 10.0. The van der Waals surface area contributed by atoms with Crippen LogP contribution in [0.2, 0.25) is 0 Å². The minimum atomic E-state index is -0.601. The Labute approximate surface area is 112 Å². The minimum Gasteiger partial charge on any atom is -0.370 e. The third-order valence-corrected chi connectivity index (χ3v) is 4.87. The van der Waals surface area contributed by atoms with Gasteiger partial charge in [-0.15, -0.1) is 0 Å². The van der Waals surface area contributed by atoms with Gasteiger partial charge in [0, 0.05) is 47.1 Å². The fraction of sp³-hybridized carbons (Fsp3) is 0.571. The molecule has 4 heteroatoms. The van der Waals surface area contributed by atoms with E-state index in [0.717, 1.165) is 31.0 Å². The maximum atomic E-state index is 11.3. The van der Waals surface area contributed by atoms with Gasteiger partial charge in [0.25, 0.3) is 0 Å². The average Bonchev–Trinajstić information content (AvgIpc) is 2.42. The van der Waals surface area contributed by atoms with E-state index < -0.39 is 10.8 Å². The predicted octanol–water partition coefficient (Wildman–Crippen LogP) is 1.93. The maximum absolute atomic E-state index is 11.3. The van der Waals surface area contributed by atoms with E-state index in [-0.39, 0.29) is 0 Å². The van der Waals surface area contributed by atoms with E-state index in [1.54, 1.807) is 0 Å². The molecule has 1 aliphatic rings. The molecule has 18 heavy (non-hydrogen) atoms. The molecule has 3 nitrogen and oxygen atoms in total. The molecular weight excluding hydrogens is 244 g/mol. The summed E-state index contributed by atoms with van der Waals surface area (Å²) in [5.74, 6) is 1.60. The zero-order chi connectivity index (χ0) is 13.0. The summed E-state index contributed by atoms with van der Waals surface area (Å²) in [6.07, 6.45) is 1.10. The standard InChI is InChI=1S/C14H22N2OS/c1-3-14(15-2)12-4-6-13(7-5-12)16-8-10-18(17)11-9-16/h4-7,14-15H,3,8-11H2,1-2H3. The first-order chi connectivity index (χ1) is 8.74. The summed E-state index contributed by atoms with van der Waals surface area (Å²) in [4.78, 5) is 2.32. The molecule has 1 fully saturated rings. The summed E-state index contributed by atoms with van der Waals surface area (Å²) in [5, 5.41) is 3.32. The zero-order valence-corrected chi connectivity index (χ0v) is 12.0. The van der Waals surface area contributed by atoms with Crippen LogP contribution in [0.3, 0.4) is 0 Å². The highest BCUT2D eigenvalue weighted by molar-refractivity contribution is 7.85.